The Morgan fingerprint density at radius 3 is 2.48 bits per heavy atom. The van der Waals surface area contributed by atoms with Crippen molar-refractivity contribution < 1.29 is 34.4 Å². The lowest BCUT2D eigenvalue weighted by Crippen LogP contribution is -2.46. The Balaban J connectivity index is 0.000000540. The summed E-state index contributed by atoms with van der Waals surface area (Å²) in [6.07, 6.45) is 1.34. The summed E-state index contributed by atoms with van der Waals surface area (Å²) in [6, 6.07) is 1.68. The Hall–Kier alpha value is -2.72. The van der Waals surface area contributed by atoms with Crippen LogP contribution in [0.2, 0.25) is 0 Å². The molecule has 0 saturated carbocycles. The highest BCUT2D eigenvalue weighted by Gasteiger charge is 2.35. The number of aryl methyl sites for hydroxylation is 1. The van der Waals surface area contributed by atoms with Crippen LogP contribution in [-0.2, 0) is 14.3 Å². The molecule has 2 aliphatic heterocycles. The number of carboxylic acid groups (broad SMARTS) is 2. The van der Waals surface area contributed by atoms with Crippen LogP contribution in [0.25, 0.3) is 0 Å². The van der Waals surface area contributed by atoms with Gasteiger partial charge in [0, 0.05) is 31.2 Å². The number of hydrogen-bond donors (Lipinski definition) is 3. The average Bonchev–Trinajstić information content (AvgIpc) is 2.88. The van der Waals surface area contributed by atoms with Crippen molar-refractivity contribution in [1.29, 1.82) is 0 Å². The van der Waals surface area contributed by atoms with Gasteiger partial charge in [0.05, 0.1) is 31.0 Å². The van der Waals surface area contributed by atoms with E-state index in [-0.39, 0.29) is 30.6 Å². The number of ether oxygens (including phenoxy) is 1. The van der Waals surface area contributed by atoms with Gasteiger partial charge in [-0.1, -0.05) is 0 Å². The number of nitrogens with zero attached hydrogens (tertiary/aromatic N) is 3. The zero-order valence-corrected chi connectivity index (χ0v) is 15.3. The first-order valence-electron chi connectivity index (χ1n) is 8.26. The standard InChI is InChI=1S/C15H21N3O3.2CH2O2/c1-10-3-13(14(19)4-16-10)15(20)18-6-11-5-17(2)7-12(18)9-21-8-11;2*2-1-3/h3-4,11-12,19H,5-9H2,1-2H3;2*1H,(H,2,3)/t11-,12-;;/m0../s1. The Bertz CT molecular complexity index is 635. The van der Waals surface area contributed by atoms with E-state index in [2.05, 4.69) is 16.9 Å². The van der Waals surface area contributed by atoms with Crippen LogP contribution in [0.4, 0.5) is 0 Å². The first-order valence-corrected chi connectivity index (χ1v) is 8.26. The minimum absolute atomic E-state index is 0.0304. The molecule has 0 unspecified atom stereocenters. The molecule has 3 N–H and O–H groups in total. The van der Waals surface area contributed by atoms with Crippen molar-refractivity contribution in [3.8, 4) is 5.75 Å². The second-order valence-corrected chi connectivity index (χ2v) is 6.29. The maximum absolute atomic E-state index is 12.8. The third-order valence-electron chi connectivity index (χ3n) is 4.16. The van der Waals surface area contributed by atoms with Crippen molar-refractivity contribution >= 4 is 18.9 Å². The van der Waals surface area contributed by atoms with Crippen LogP contribution < -0.4 is 0 Å². The number of rotatable bonds is 1. The summed E-state index contributed by atoms with van der Waals surface area (Å²) in [4.78, 5) is 37.7. The second-order valence-electron chi connectivity index (χ2n) is 6.29. The summed E-state index contributed by atoms with van der Waals surface area (Å²) >= 11 is 0. The number of amides is 1. The summed E-state index contributed by atoms with van der Waals surface area (Å²) in [5.41, 5.74) is 1.06. The van der Waals surface area contributed by atoms with E-state index in [0.717, 1.165) is 18.8 Å². The predicted octanol–water partition coefficient (Wildman–Crippen LogP) is -0.100. The third-order valence-corrected chi connectivity index (χ3v) is 4.16. The topological polar surface area (TPSA) is 140 Å². The van der Waals surface area contributed by atoms with Gasteiger partial charge in [0.15, 0.2) is 0 Å². The van der Waals surface area contributed by atoms with Gasteiger partial charge in [-0.3, -0.25) is 19.4 Å². The molecule has 2 fully saturated rings. The minimum atomic E-state index is -0.250. The summed E-state index contributed by atoms with van der Waals surface area (Å²) < 4.78 is 5.68. The number of aromatic nitrogens is 1. The van der Waals surface area contributed by atoms with E-state index in [0.29, 0.717) is 31.2 Å². The predicted molar refractivity (Wildman–Crippen MR) is 94.7 cm³/mol. The molecule has 2 atom stereocenters. The van der Waals surface area contributed by atoms with Crippen molar-refractivity contribution in [2.45, 2.75) is 13.0 Å². The number of carbonyl (C=O) groups is 3. The van der Waals surface area contributed by atoms with Gasteiger partial charge < -0.3 is 29.9 Å². The molecule has 1 aromatic rings. The zero-order valence-electron chi connectivity index (χ0n) is 15.3. The van der Waals surface area contributed by atoms with E-state index in [1.807, 2.05) is 11.8 Å². The van der Waals surface area contributed by atoms with E-state index in [9.17, 15) is 9.90 Å². The fourth-order valence-electron chi connectivity index (χ4n) is 3.20. The van der Waals surface area contributed by atoms with Crippen LogP contribution in [0, 0.1) is 12.8 Å². The number of pyridine rings is 1. The van der Waals surface area contributed by atoms with Gasteiger partial charge in [-0.05, 0) is 20.0 Å². The van der Waals surface area contributed by atoms with Crippen LogP contribution in [0.5, 0.6) is 5.75 Å². The lowest BCUT2D eigenvalue weighted by molar-refractivity contribution is -0.123. The monoisotopic (exact) mass is 383 g/mol. The molecule has 1 aromatic heterocycles. The number of carbonyl (C=O) groups excluding carboxylic acids is 1. The second kappa shape index (κ2) is 11.1. The van der Waals surface area contributed by atoms with Gasteiger partial charge in [0.25, 0.3) is 18.9 Å². The smallest absolute Gasteiger partial charge is 0.290 e. The van der Waals surface area contributed by atoms with Gasteiger partial charge in [0.2, 0.25) is 0 Å². The maximum atomic E-state index is 12.8. The molecule has 27 heavy (non-hydrogen) atoms. The van der Waals surface area contributed by atoms with Crippen molar-refractivity contribution in [2.24, 2.45) is 5.92 Å². The molecule has 3 heterocycles. The number of aromatic hydroxyl groups is 1. The van der Waals surface area contributed by atoms with Crippen molar-refractivity contribution in [3.05, 3.63) is 23.5 Å². The average molecular weight is 383 g/mol. The van der Waals surface area contributed by atoms with E-state index in [1.165, 1.54) is 6.20 Å². The molecule has 0 radical (unpaired) electrons. The van der Waals surface area contributed by atoms with Crippen molar-refractivity contribution in [1.82, 2.24) is 14.8 Å². The summed E-state index contributed by atoms with van der Waals surface area (Å²) in [5, 5.41) is 23.7. The van der Waals surface area contributed by atoms with E-state index in [4.69, 9.17) is 24.5 Å². The molecule has 10 nitrogen and oxygen atoms in total. The lowest BCUT2D eigenvalue weighted by atomic mass is 10.1. The van der Waals surface area contributed by atoms with Crippen LogP contribution in [0.15, 0.2) is 12.3 Å². The van der Waals surface area contributed by atoms with Gasteiger partial charge >= 0.3 is 0 Å². The fraction of sp³-hybridized carbons (Fsp3) is 0.529. The first kappa shape index (κ1) is 22.3. The largest absolute Gasteiger partial charge is 0.505 e. The van der Waals surface area contributed by atoms with E-state index < -0.39 is 0 Å². The van der Waals surface area contributed by atoms with Crippen LogP contribution >= 0.6 is 0 Å². The van der Waals surface area contributed by atoms with E-state index in [1.54, 1.807) is 6.07 Å². The number of hydrogen-bond acceptors (Lipinski definition) is 7. The zero-order chi connectivity index (χ0) is 20.4. The normalized spacial score (nSPS) is 21.5. The summed E-state index contributed by atoms with van der Waals surface area (Å²) in [6.45, 7) is 4.96. The molecule has 3 rings (SSSR count). The molecule has 0 spiro atoms. The molecular weight excluding hydrogens is 358 g/mol. The quantitative estimate of drug-likeness (QED) is 0.567. The number of fused-ring (bicyclic) bond motifs is 3. The Morgan fingerprint density at radius 2 is 1.85 bits per heavy atom. The molecular formula is C17H25N3O7. The summed E-state index contributed by atoms with van der Waals surface area (Å²) in [5.74, 6) is 0.129. The maximum Gasteiger partial charge on any atom is 0.290 e. The Labute approximate surface area is 157 Å². The lowest BCUT2D eigenvalue weighted by Gasteiger charge is -2.30. The van der Waals surface area contributed by atoms with Crippen molar-refractivity contribution in [2.75, 3.05) is 39.9 Å². The molecule has 0 aromatic carbocycles. The minimum Gasteiger partial charge on any atom is -0.505 e. The molecule has 2 saturated heterocycles. The molecule has 2 aliphatic rings. The Kier molecular flexibility index (Phi) is 9.17. The molecule has 2 bridgehead atoms. The van der Waals surface area contributed by atoms with E-state index >= 15 is 0 Å². The van der Waals surface area contributed by atoms with Crippen molar-refractivity contribution in [3.63, 3.8) is 0 Å². The molecule has 1 amide bonds. The highest BCUT2D eigenvalue weighted by atomic mass is 16.5. The van der Waals surface area contributed by atoms with Crippen LogP contribution in [-0.4, -0.2) is 94.9 Å². The first-order chi connectivity index (χ1) is 12.9. The van der Waals surface area contributed by atoms with Gasteiger partial charge in [-0.15, -0.1) is 0 Å². The van der Waals surface area contributed by atoms with Crippen LogP contribution in [0.1, 0.15) is 16.1 Å². The summed E-state index contributed by atoms with van der Waals surface area (Å²) in [7, 11) is 2.08. The number of likely N-dealkylation sites (N-methyl/N-ethyl adjacent to an activating group) is 1. The van der Waals surface area contributed by atoms with Gasteiger partial charge in [-0.2, -0.15) is 0 Å². The third kappa shape index (κ3) is 6.50. The van der Waals surface area contributed by atoms with Crippen LogP contribution in [0.3, 0.4) is 0 Å². The molecule has 150 valence electrons. The van der Waals surface area contributed by atoms with Gasteiger partial charge in [0.1, 0.15) is 5.75 Å². The highest BCUT2D eigenvalue weighted by molar-refractivity contribution is 5.97. The highest BCUT2D eigenvalue weighted by Crippen LogP contribution is 2.24. The fourth-order valence-corrected chi connectivity index (χ4v) is 3.20. The SMILES string of the molecule is Cc1cc(C(=O)N2C[C@H]3COC[C@@H]2CN(C)C3)c(O)cn1.O=CO.O=CO. The van der Waals surface area contributed by atoms with Gasteiger partial charge in [-0.25, -0.2) is 0 Å². The molecule has 10 heteroatoms. The molecule has 0 aliphatic carbocycles. The Morgan fingerprint density at radius 1 is 1.22 bits per heavy atom.